The zero-order chi connectivity index (χ0) is 16.5. The van der Waals surface area contributed by atoms with Gasteiger partial charge < -0.3 is 14.6 Å². The number of rotatable bonds is 9. The molecule has 1 aromatic rings. The highest BCUT2D eigenvalue weighted by Crippen LogP contribution is 2.19. The molecule has 0 aliphatic carbocycles. The Kier molecular flexibility index (Phi) is 7.01. The van der Waals surface area contributed by atoms with E-state index < -0.39 is 5.97 Å². The van der Waals surface area contributed by atoms with E-state index in [1.165, 1.54) is 20.3 Å². The number of hydrogen-bond acceptors (Lipinski definition) is 6. The summed E-state index contributed by atoms with van der Waals surface area (Å²) in [5.74, 6) is -1.05. The Morgan fingerprint density at radius 2 is 1.86 bits per heavy atom. The van der Waals surface area contributed by atoms with Crippen molar-refractivity contribution in [3.8, 4) is 5.75 Å². The molecule has 22 heavy (non-hydrogen) atoms. The molecule has 0 spiro atoms. The number of pyridine rings is 1. The van der Waals surface area contributed by atoms with Crippen LogP contribution < -0.4 is 4.74 Å². The summed E-state index contributed by atoms with van der Waals surface area (Å²) < 4.78 is 9.72. The Morgan fingerprint density at radius 3 is 2.45 bits per heavy atom. The SMILES string of the molecule is COC(=O)CCc1nc(C(=O)CCCC(=O)O)ccc1OC. The van der Waals surface area contributed by atoms with Crippen LogP contribution in [0.2, 0.25) is 0 Å². The van der Waals surface area contributed by atoms with Crippen molar-refractivity contribution in [2.45, 2.75) is 32.1 Å². The highest BCUT2D eigenvalue weighted by atomic mass is 16.5. The highest BCUT2D eigenvalue weighted by molar-refractivity contribution is 5.94. The van der Waals surface area contributed by atoms with Gasteiger partial charge in [-0.2, -0.15) is 0 Å². The normalized spacial score (nSPS) is 10.1. The number of ether oxygens (including phenoxy) is 2. The maximum Gasteiger partial charge on any atom is 0.305 e. The van der Waals surface area contributed by atoms with E-state index in [1.807, 2.05) is 0 Å². The molecular formula is C15H19NO6. The summed E-state index contributed by atoms with van der Waals surface area (Å²) in [4.78, 5) is 37.8. The molecule has 0 unspecified atom stereocenters. The van der Waals surface area contributed by atoms with Crippen LogP contribution in [0.5, 0.6) is 5.75 Å². The fraction of sp³-hybridized carbons (Fsp3) is 0.467. The van der Waals surface area contributed by atoms with E-state index in [0.29, 0.717) is 17.9 Å². The minimum absolute atomic E-state index is 0.0584. The first-order valence-corrected chi connectivity index (χ1v) is 6.83. The summed E-state index contributed by atoms with van der Waals surface area (Å²) in [7, 11) is 2.78. The first-order valence-electron chi connectivity index (χ1n) is 6.83. The average molecular weight is 309 g/mol. The molecule has 0 saturated carbocycles. The number of hydrogen-bond donors (Lipinski definition) is 1. The maximum absolute atomic E-state index is 12.0. The lowest BCUT2D eigenvalue weighted by Crippen LogP contribution is -2.09. The molecule has 1 heterocycles. The largest absolute Gasteiger partial charge is 0.495 e. The van der Waals surface area contributed by atoms with Crippen molar-refractivity contribution >= 4 is 17.7 Å². The lowest BCUT2D eigenvalue weighted by Gasteiger charge is -2.09. The zero-order valence-corrected chi connectivity index (χ0v) is 12.6. The number of carboxylic acid groups (broad SMARTS) is 1. The van der Waals surface area contributed by atoms with E-state index in [1.54, 1.807) is 6.07 Å². The van der Waals surface area contributed by atoms with E-state index in [9.17, 15) is 14.4 Å². The number of esters is 1. The van der Waals surface area contributed by atoms with Crippen molar-refractivity contribution < 1.29 is 29.0 Å². The quantitative estimate of drug-likeness (QED) is 0.546. The van der Waals surface area contributed by atoms with E-state index in [-0.39, 0.29) is 43.1 Å². The molecule has 0 amide bonds. The van der Waals surface area contributed by atoms with Crippen LogP contribution in [-0.4, -0.2) is 42.0 Å². The monoisotopic (exact) mass is 309 g/mol. The van der Waals surface area contributed by atoms with Crippen LogP contribution in [0.1, 0.15) is 41.9 Å². The van der Waals surface area contributed by atoms with Gasteiger partial charge in [-0.25, -0.2) is 4.98 Å². The Hall–Kier alpha value is -2.44. The molecule has 7 heteroatoms. The fourth-order valence-corrected chi connectivity index (χ4v) is 1.86. The second-order valence-corrected chi connectivity index (χ2v) is 4.59. The predicted octanol–water partition coefficient (Wildman–Crippen LogP) is 1.63. The van der Waals surface area contributed by atoms with Crippen molar-refractivity contribution in [1.82, 2.24) is 4.98 Å². The maximum atomic E-state index is 12.0. The van der Waals surface area contributed by atoms with Gasteiger partial charge in [0.05, 0.1) is 26.3 Å². The lowest BCUT2D eigenvalue weighted by molar-refractivity contribution is -0.140. The van der Waals surface area contributed by atoms with E-state index in [4.69, 9.17) is 9.84 Å². The third kappa shape index (κ3) is 5.51. The summed E-state index contributed by atoms with van der Waals surface area (Å²) in [6, 6.07) is 3.15. The summed E-state index contributed by atoms with van der Waals surface area (Å²) in [5.41, 5.74) is 0.739. The predicted molar refractivity (Wildman–Crippen MR) is 76.9 cm³/mol. The molecular weight excluding hydrogens is 290 g/mol. The molecule has 1 rings (SSSR count). The van der Waals surface area contributed by atoms with Crippen LogP contribution in [0.3, 0.4) is 0 Å². The molecule has 0 bridgehead atoms. The first-order chi connectivity index (χ1) is 10.5. The fourth-order valence-electron chi connectivity index (χ4n) is 1.86. The Balaban J connectivity index is 2.77. The van der Waals surface area contributed by atoms with Crippen molar-refractivity contribution in [2.24, 2.45) is 0 Å². The van der Waals surface area contributed by atoms with Crippen LogP contribution >= 0.6 is 0 Å². The number of nitrogens with zero attached hydrogens (tertiary/aromatic N) is 1. The van der Waals surface area contributed by atoms with Gasteiger partial charge in [-0.15, -0.1) is 0 Å². The molecule has 0 saturated heterocycles. The van der Waals surface area contributed by atoms with Gasteiger partial charge in [0.1, 0.15) is 11.4 Å². The van der Waals surface area contributed by atoms with Crippen molar-refractivity contribution in [1.29, 1.82) is 0 Å². The van der Waals surface area contributed by atoms with E-state index in [2.05, 4.69) is 9.72 Å². The van der Waals surface area contributed by atoms with Crippen molar-refractivity contribution in [3.05, 3.63) is 23.5 Å². The van der Waals surface area contributed by atoms with Gasteiger partial charge >= 0.3 is 11.9 Å². The Labute approximate surface area is 128 Å². The lowest BCUT2D eigenvalue weighted by atomic mass is 10.1. The van der Waals surface area contributed by atoms with Crippen molar-refractivity contribution in [3.63, 3.8) is 0 Å². The molecule has 0 aromatic carbocycles. The molecule has 0 aliphatic rings. The van der Waals surface area contributed by atoms with Crippen molar-refractivity contribution in [2.75, 3.05) is 14.2 Å². The molecule has 1 aromatic heterocycles. The van der Waals surface area contributed by atoms with Gasteiger partial charge in [0.2, 0.25) is 0 Å². The summed E-state index contributed by atoms with van der Waals surface area (Å²) >= 11 is 0. The number of Topliss-reactive ketones (excluding diaryl/α,β-unsaturated/α-hetero) is 1. The number of methoxy groups -OCH3 is 2. The number of carboxylic acids is 1. The molecule has 0 atom stereocenters. The molecule has 1 N–H and O–H groups in total. The summed E-state index contributed by atoms with van der Waals surface area (Å²) in [5, 5.41) is 8.57. The molecule has 7 nitrogen and oxygen atoms in total. The van der Waals surface area contributed by atoms with Crippen LogP contribution in [0.25, 0.3) is 0 Å². The van der Waals surface area contributed by atoms with Gasteiger partial charge in [0, 0.05) is 19.3 Å². The highest BCUT2D eigenvalue weighted by Gasteiger charge is 2.14. The molecule has 0 aliphatic heterocycles. The van der Waals surface area contributed by atoms with Crippen LogP contribution in [0.4, 0.5) is 0 Å². The summed E-state index contributed by atoms with van der Waals surface area (Å²) in [6.45, 7) is 0. The molecule has 0 radical (unpaired) electrons. The van der Waals surface area contributed by atoms with Gasteiger partial charge in [-0.3, -0.25) is 14.4 Å². The minimum atomic E-state index is -0.936. The Bertz CT molecular complexity index is 555. The zero-order valence-electron chi connectivity index (χ0n) is 12.6. The number of aromatic nitrogens is 1. The van der Waals surface area contributed by atoms with E-state index in [0.717, 1.165) is 0 Å². The van der Waals surface area contributed by atoms with Gasteiger partial charge in [-0.1, -0.05) is 0 Å². The minimum Gasteiger partial charge on any atom is -0.495 e. The standard InChI is InChI=1S/C15H19NO6/c1-21-13-8-6-10(12(17)4-3-5-14(18)19)16-11(13)7-9-15(20)22-2/h6,8H,3-5,7,9H2,1-2H3,(H,18,19). The van der Waals surface area contributed by atoms with Gasteiger partial charge in [0.15, 0.2) is 5.78 Å². The van der Waals surface area contributed by atoms with Crippen LogP contribution in [0.15, 0.2) is 12.1 Å². The average Bonchev–Trinajstić information content (AvgIpc) is 2.51. The molecule has 120 valence electrons. The number of ketones is 1. The number of carbonyl (C=O) groups excluding carboxylic acids is 2. The second kappa shape index (κ2) is 8.76. The van der Waals surface area contributed by atoms with Gasteiger partial charge in [-0.05, 0) is 18.6 Å². The second-order valence-electron chi connectivity index (χ2n) is 4.59. The third-order valence-electron chi connectivity index (χ3n) is 3.03. The van der Waals surface area contributed by atoms with Gasteiger partial charge in [0.25, 0.3) is 0 Å². The number of aliphatic carboxylic acids is 1. The number of aryl methyl sites for hydroxylation is 1. The third-order valence-corrected chi connectivity index (χ3v) is 3.03. The smallest absolute Gasteiger partial charge is 0.305 e. The Morgan fingerprint density at radius 1 is 1.14 bits per heavy atom. The molecule has 0 fully saturated rings. The van der Waals surface area contributed by atoms with Crippen LogP contribution in [0, 0.1) is 0 Å². The van der Waals surface area contributed by atoms with Crippen LogP contribution in [-0.2, 0) is 20.7 Å². The first kappa shape index (κ1) is 17.6. The number of carbonyl (C=O) groups is 3. The van der Waals surface area contributed by atoms with E-state index >= 15 is 0 Å². The topological polar surface area (TPSA) is 103 Å². The summed E-state index contributed by atoms with van der Waals surface area (Å²) in [6.07, 6.45) is 0.751.